The van der Waals surface area contributed by atoms with Crippen LogP contribution in [0.25, 0.3) is 0 Å². The second-order valence-electron chi connectivity index (χ2n) is 3.95. The van der Waals surface area contributed by atoms with Crippen LogP contribution in [0.15, 0.2) is 10.2 Å². The highest BCUT2D eigenvalue weighted by Crippen LogP contribution is 2.47. The van der Waals surface area contributed by atoms with Gasteiger partial charge in [0.2, 0.25) is 0 Å². The highest BCUT2D eigenvalue weighted by atomic mass is 19.4. The van der Waals surface area contributed by atoms with Crippen LogP contribution in [0.5, 0.6) is 0 Å². The SMILES string of the molecule is CCC1=NN=C(C(F)(C(F)(F)F)C(F)(F)F)N(C)C1. The molecule has 1 heterocycles. The van der Waals surface area contributed by atoms with Gasteiger partial charge in [-0.1, -0.05) is 6.92 Å². The van der Waals surface area contributed by atoms with Crippen molar-refractivity contribution in [2.75, 3.05) is 13.6 Å². The van der Waals surface area contributed by atoms with Gasteiger partial charge in [0, 0.05) is 7.05 Å². The summed E-state index contributed by atoms with van der Waals surface area (Å²) >= 11 is 0. The molecule has 0 aromatic rings. The van der Waals surface area contributed by atoms with Crippen molar-refractivity contribution < 1.29 is 30.7 Å². The largest absolute Gasteiger partial charge is 0.439 e. The molecule has 0 aliphatic carbocycles. The molecule has 0 N–H and O–H groups in total. The molecule has 0 aromatic heterocycles. The molecular formula is C9H10F7N3. The minimum absolute atomic E-state index is 0.262. The topological polar surface area (TPSA) is 28.0 Å². The molecule has 0 bridgehead atoms. The van der Waals surface area contributed by atoms with Crippen LogP contribution in [0.2, 0.25) is 0 Å². The highest BCUT2D eigenvalue weighted by Gasteiger charge is 2.77. The molecular weight excluding hydrogens is 283 g/mol. The molecule has 110 valence electrons. The van der Waals surface area contributed by atoms with E-state index in [4.69, 9.17) is 0 Å². The van der Waals surface area contributed by atoms with Crippen molar-refractivity contribution in [1.82, 2.24) is 4.90 Å². The van der Waals surface area contributed by atoms with E-state index in [1.54, 1.807) is 6.92 Å². The Morgan fingerprint density at radius 2 is 1.47 bits per heavy atom. The predicted molar refractivity (Wildman–Crippen MR) is 53.7 cm³/mol. The zero-order chi connectivity index (χ0) is 15.1. The number of hydrogen-bond donors (Lipinski definition) is 0. The van der Waals surface area contributed by atoms with Gasteiger partial charge in [0.25, 0.3) is 0 Å². The molecule has 0 amide bonds. The van der Waals surface area contributed by atoms with E-state index in [0.29, 0.717) is 11.3 Å². The first-order valence-corrected chi connectivity index (χ1v) is 5.12. The Balaban J connectivity index is 3.37. The van der Waals surface area contributed by atoms with Crippen LogP contribution in [0, 0.1) is 0 Å². The smallest absolute Gasteiger partial charge is 0.353 e. The third-order valence-electron chi connectivity index (χ3n) is 2.56. The van der Waals surface area contributed by atoms with Crippen molar-refractivity contribution >= 4 is 11.5 Å². The molecule has 3 nitrogen and oxygen atoms in total. The third-order valence-corrected chi connectivity index (χ3v) is 2.56. The molecule has 0 fully saturated rings. The molecule has 1 aliphatic heterocycles. The minimum Gasteiger partial charge on any atom is -0.353 e. The summed E-state index contributed by atoms with van der Waals surface area (Å²) in [6.45, 7) is 1.26. The maximum atomic E-state index is 13.7. The Morgan fingerprint density at radius 1 is 1.00 bits per heavy atom. The molecule has 0 saturated carbocycles. The van der Waals surface area contributed by atoms with Crippen molar-refractivity contribution in [3.05, 3.63) is 0 Å². The summed E-state index contributed by atoms with van der Waals surface area (Å²) in [4.78, 5) is 0.465. The maximum Gasteiger partial charge on any atom is 0.439 e. The third kappa shape index (κ3) is 2.52. The Labute approximate surface area is 103 Å². The molecule has 0 spiro atoms. The first kappa shape index (κ1) is 15.7. The average molecular weight is 293 g/mol. The van der Waals surface area contributed by atoms with Crippen molar-refractivity contribution in [3.63, 3.8) is 0 Å². The van der Waals surface area contributed by atoms with Gasteiger partial charge >= 0.3 is 18.0 Å². The van der Waals surface area contributed by atoms with Gasteiger partial charge in [-0.05, 0) is 6.42 Å². The fraction of sp³-hybridized carbons (Fsp3) is 0.778. The second kappa shape index (κ2) is 4.64. The number of amidine groups is 1. The number of nitrogens with zero attached hydrogens (tertiary/aromatic N) is 3. The summed E-state index contributed by atoms with van der Waals surface area (Å²) in [5.41, 5.74) is -5.27. The number of hydrogen-bond acceptors (Lipinski definition) is 3. The van der Waals surface area contributed by atoms with Gasteiger partial charge in [0.15, 0.2) is 5.84 Å². The van der Waals surface area contributed by atoms with Gasteiger partial charge in [-0.2, -0.15) is 31.4 Å². The molecule has 0 atom stereocenters. The van der Waals surface area contributed by atoms with Gasteiger partial charge in [0.05, 0.1) is 12.3 Å². The van der Waals surface area contributed by atoms with Gasteiger partial charge in [-0.15, -0.1) is 5.10 Å². The lowest BCUT2D eigenvalue weighted by atomic mass is 10.0. The quantitative estimate of drug-likeness (QED) is 0.719. The first-order chi connectivity index (χ1) is 8.45. The van der Waals surface area contributed by atoms with Gasteiger partial charge in [-0.25, -0.2) is 4.39 Å². The molecule has 1 rings (SSSR count). The lowest BCUT2D eigenvalue weighted by molar-refractivity contribution is -0.315. The monoisotopic (exact) mass is 293 g/mol. The van der Waals surface area contributed by atoms with Crippen LogP contribution in [0.3, 0.4) is 0 Å². The van der Waals surface area contributed by atoms with E-state index in [0.717, 1.165) is 7.05 Å². The average Bonchev–Trinajstić information content (AvgIpc) is 2.24. The Kier molecular flexibility index (Phi) is 3.83. The normalized spacial score (nSPS) is 18.3. The van der Waals surface area contributed by atoms with Crippen LogP contribution < -0.4 is 0 Å². The molecule has 10 heteroatoms. The lowest BCUT2D eigenvalue weighted by Gasteiger charge is -2.36. The first-order valence-electron chi connectivity index (χ1n) is 5.12. The van der Waals surface area contributed by atoms with Crippen LogP contribution >= 0.6 is 0 Å². The summed E-state index contributed by atoms with van der Waals surface area (Å²) in [5.74, 6) is -1.80. The van der Waals surface area contributed by atoms with E-state index in [9.17, 15) is 30.7 Å². The minimum atomic E-state index is -6.17. The summed E-state index contributed by atoms with van der Waals surface area (Å²) in [6.07, 6.45) is -12.0. The van der Waals surface area contributed by atoms with E-state index in [2.05, 4.69) is 10.2 Å². The highest BCUT2D eigenvalue weighted by molar-refractivity contribution is 5.99. The zero-order valence-electron chi connectivity index (χ0n) is 9.90. The molecule has 0 aromatic carbocycles. The fourth-order valence-electron chi connectivity index (χ4n) is 1.50. The van der Waals surface area contributed by atoms with E-state index >= 15 is 0 Å². The van der Waals surface area contributed by atoms with Crippen molar-refractivity contribution in [1.29, 1.82) is 0 Å². The molecule has 0 radical (unpaired) electrons. The molecule has 0 saturated heterocycles. The van der Waals surface area contributed by atoms with Crippen LogP contribution in [-0.4, -0.2) is 48.1 Å². The molecule has 0 unspecified atom stereocenters. The van der Waals surface area contributed by atoms with E-state index < -0.39 is 23.9 Å². The number of rotatable bonds is 2. The van der Waals surface area contributed by atoms with Gasteiger partial charge in [0.1, 0.15) is 0 Å². The summed E-state index contributed by atoms with van der Waals surface area (Å²) < 4.78 is 88.6. The lowest BCUT2D eigenvalue weighted by Crippen LogP contribution is -2.63. The van der Waals surface area contributed by atoms with Crippen LogP contribution in [-0.2, 0) is 0 Å². The summed E-state index contributed by atoms with van der Waals surface area (Å²) in [7, 11) is 0.898. The number of halogens is 7. The van der Waals surface area contributed by atoms with Gasteiger partial charge in [-0.3, -0.25) is 0 Å². The summed E-state index contributed by atoms with van der Waals surface area (Å²) in [5, 5.41) is 5.98. The van der Waals surface area contributed by atoms with Crippen LogP contribution in [0.4, 0.5) is 30.7 Å². The fourth-order valence-corrected chi connectivity index (χ4v) is 1.50. The van der Waals surface area contributed by atoms with E-state index in [-0.39, 0.29) is 12.3 Å². The standard InChI is InChI=1S/C9H10F7N3/c1-3-5-4-19(2)6(18-17-5)7(10,8(11,12)13)9(14,15)16/h3-4H2,1-2H3. The van der Waals surface area contributed by atoms with Crippen molar-refractivity contribution in [3.8, 4) is 0 Å². The van der Waals surface area contributed by atoms with E-state index in [1.807, 2.05) is 0 Å². The molecule has 19 heavy (non-hydrogen) atoms. The van der Waals surface area contributed by atoms with Crippen LogP contribution in [0.1, 0.15) is 13.3 Å². The second-order valence-corrected chi connectivity index (χ2v) is 3.95. The Morgan fingerprint density at radius 3 is 1.79 bits per heavy atom. The van der Waals surface area contributed by atoms with E-state index in [1.165, 1.54) is 0 Å². The maximum absolute atomic E-state index is 13.7. The predicted octanol–water partition coefficient (Wildman–Crippen LogP) is 2.93. The Bertz CT molecular complexity index is 393. The number of alkyl halides is 7. The van der Waals surface area contributed by atoms with Crippen molar-refractivity contribution in [2.45, 2.75) is 31.4 Å². The zero-order valence-corrected chi connectivity index (χ0v) is 9.90. The molecule has 1 aliphatic rings. The van der Waals surface area contributed by atoms with Gasteiger partial charge < -0.3 is 4.90 Å². The Hall–Kier alpha value is -1.35. The van der Waals surface area contributed by atoms with Crippen molar-refractivity contribution in [2.24, 2.45) is 10.2 Å². The summed E-state index contributed by atoms with van der Waals surface area (Å²) in [6, 6.07) is 0.